The second kappa shape index (κ2) is 11.0. The van der Waals surface area contributed by atoms with Crippen LogP contribution >= 0.6 is 0 Å². The number of carbonyl (C=O) groups is 3. The van der Waals surface area contributed by atoms with E-state index in [0.717, 1.165) is 18.4 Å². The van der Waals surface area contributed by atoms with Crippen molar-refractivity contribution in [1.82, 2.24) is 0 Å². The molecule has 3 aliphatic rings. The molecule has 2 aliphatic carbocycles. The molecule has 8 heteroatoms. The highest BCUT2D eigenvalue weighted by atomic mass is 16.8. The van der Waals surface area contributed by atoms with Crippen LogP contribution in [0.15, 0.2) is 60.2 Å². The molecule has 1 aromatic carbocycles. The van der Waals surface area contributed by atoms with Crippen molar-refractivity contribution in [2.45, 2.75) is 79.0 Å². The maximum Gasteiger partial charge on any atom is 0.338 e. The summed E-state index contributed by atoms with van der Waals surface area (Å²) in [5.41, 5.74) is 1.00. The molecule has 0 unspecified atom stereocenters. The van der Waals surface area contributed by atoms with Crippen molar-refractivity contribution in [1.29, 1.82) is 0 Å². The Bertz CT molecular complexity index is 1200. The molecule has 8 nitrogen and oxygen atoms in total. The van der Waals surface area contributed by atoms with Crippen molar-refractivity contribution < 1.29 is 38.4 Å². The van der Waals surface area contributed by atoms with E-state index < -0.39 is 42.0 Å². The number of rotatable bonds is 7. The van der Waals surface area contributed by atoms with Gasteiger partial charge in [0.05, 0.1) is 11.0 Å². The van der Waals surface area contributed by atoms with E-state index in [1.54, 1.807) is 0 Å². The Kier molecular flexibility index (Phi) is 8.07. The maximum atomic E-state index is 13.1. The average Bonchev–Trinajstić information content (AvgIpc) is 3.15. The first-order valence-corrected chi connectivity index (χ1v) is 13.4. The molecular weight excluding hydrogens is 500 g/mol. The third-order valence-corrected chi connectivity index (χ3v) is 8.92. The SMILES string of the molecule is C=C/C(C)=C/C[C@]1(C)[C@H](C)CC[C@@]23C(=C[C@H](OC(=O)c4ccc(O)cc4)C[C@@H]12)[C@@H](OC(C)=O)O[C@H]3OC(C)=O. The van der Waals surface area contributed by atoms with Crippen molar-refractivity contribution in [2.24, 2.45) is 22.7 Å². The first kappa shape index (κ1) is 28.6. The number of hydrogen-bond donors (Lipinski definition) is 1. The van der Waals surface area contributed by atoms with Crippen LogP contribution in [0.1, 0.15) is 70.7 Å². The lowest BCUT2D eigenvalue weighted by molar-refractivity contribution is -0.235. The molecule has 1 saturated carbocycles. The zero-order valence-corrected chi connectivity index (χ0v) is 23.3. The third kappa shape index (κ3) is 5.39. The van der Waals surface area contributed by atoms with Crippen LogP contribution in [0.2, 0.25) is 0 Å². The minimum Gasteiger partial charge on any atom is -0.508 e. The third-order valence-electron chi connectivity index (χ3n) is 8.92. The van der Waals surface area contributed by atoms with Crippen molar-refractivity contribution >= 4 is 17.9 Å². The van der Waals surface area contributed by atoms with Gasteiger partial charge in [0.25, 0.3) is 0 Å². The van der Waals surface area contributed by atoms with Gasteiger partial charge in [-0.3, -0.25) is 14.3 Å². The molecule has 1 aromatic rings. The molecule has 1 aliphatic heterocycles. The number of allylic oxidation sites excluding steroid dienone is 3. The van der Waals surface area contributed by atoms with Crippen LogP contribution in [0, 0.1) is 22.7 Å². The molecule has 7 atom stereocenters. The van der Waals surface area contributed by atoms with Crippen LogP contribution in [0.4, 0.5) is 0 Å². The molecule has 1 N–H and O–H groups in total. The van der Waals surface area contributed by atoms with E-state index in [0.29, 0.717) is 29.9 Å². The van der Waals surface area contributed by atoms with E-state index in [4.69, 9.17) is 18.9 Å². The number of ether oxygens (including phenoxy) is 4. The largest absolute Gasteiger partial charge is 0.508 e. The molecule has 2 fully saturated rings. The Hall–Kier alpha value is -3.39. The molecule has 4 rings (SSSR count). The fourth-order valence-corrected chi connectivity index (χ4v) is 6.61. The van der Waals surface area contributed by atoms with Gasteiger partial charge in [-0.1, -0.05) is 38.2 Å². The fraction of sp³-hybridized carbons (Fsp3) is 0.516. The van der Waals surface area contributed by atoms with Crippen LogP contribution in [0.5, 0.6) is 5.75 Å². The molecule has 1 saturated heterocycles. The zero-order valence-electron chi connectivity index (χ0n) is 23.3. The van der Waals surface area contributed by atoms with Gasteiger partial charge in [-0.05, 0) is 80.2 Å². The number of hydrogen-bond acceptors (Lipinski definition) is 8. The Morgan fingerprint density at radius 2 is 1.77 bits per heavy atom. The molecule has 39 heavy (non-hydrogen) atoms. The van der Waals surface area contributed by atoms with E-state index in [2.05, 4.69) is 26.5 Å². The normalized spacial score (nSPS) is 33.7. The van der Waals surface area contributed by atoms with Crippen LogP contribution < -0.4 is 0 Å². The van der Waals surface area contributed by atoms with Gasteiger partial charge in [-0.25, -0.2) is 4.79 Å². The smallest absolute Gasteiger partial charge is 0.338 e. The minimum atomic E-state index is -1.06. The van der Waals surface area contributed by atoms with Crippen molar-refractivity contribution in [3.8, 4) is 5.75 Å². The first-order chi connectivity index (χ1) is 18.4. The standard InChI is InChI=1S/C31H38O8/c1-7-18(2)12-14-30(6)19(3)13-15-31-25(28(36-20(4)32)39-29(31)37-21(5)33)16-24(17-26(30)31)38-27(35)22-8-10-23(34)11-9-22/h7-12,16,19,24,26,28-29,34H,1,13-15,17H2,2-6H3/b18-12+/t19-,24+,26+,28+,29-,30-,31-/m1/s1. The lowest BCUT2D eigenvalue weighted by atomic mass is 9.46. The summed E-state index contributed by atoms with van der Waals surface area (Å²) in [5.74, 6) is -1.34. The molecule has 0 aromatic heterocycles. The number of phenolic OH excluding ortho intramolecular Hbond substituents is 1. The number of benzene rings is 1. The van der Waals surface area contributed by atoms with E-state index >= 15 is 0 Å². The highest BCUT2D eigenvalue weighted by molar-refractivity contribution is 5.89. The fourth-order valence-electron chi connectivity index (χ4n) is 6.61. The summed E-state index contributed by atoms with van der Waals surface area (Å²) in [6.07, 6.45) is 5.87. The summed E-state index contributed by atoms with van der Waals surface area (Å²) in [6, 6.07) is 5.87. The molecule has 0 bridgehead atoms. The highest BCUT2D eigenvalue weighted by Gasteiger charge is 2.67. The lowest BCUT2D eigenvalue weighted by Crippen LogP contribution is -2.57. The molecular formula is C31H38O8. The second-order valence-electron chi connectivity index (χ2n) is 11.3. The first-order valence-electron chi connectivity index (χ1n) is 13.4. The Balaban J connectivity index is 1.81. The number of phenols is 1. The molecule has 0 radical (unpaired) electrons. The Morgan fingerprint density at radius 3 is 2.38 bits per heavy atom. The summed E-state index contributed by atoms with van der Waals surface area (Å²) < 4.78 is 23.5. The molecule has 0 amide bonds. The summed E-state index contributed by atoms with van der Waals surface area (Å²) in [5, 5.41) is 9.61. The number of esters is 3. The molecule has 210 valence electrons. The van der Waals surface area contributed by atoms with Gasteiger partial charge in [0.15, 0.2) is 0 Å². The van der Waals surface area contributed by atoms with Gasteiger partial charge in [0, 0.05) is 19.4 Å². The van der Waals surface area contributed by atoms with Gasteiger partial charge in [-0.15, -0.1) is 0 Å². The van der Waals surface area contributed by atoms with Crippen LogP contribution in [0.3, 0.4) is 0 Å². The number of carbonyl (C=O) groups excluding carboxylic acids is 3. The van der Waals surface area contributed by atoms with Crippen molar-refractivity contribution in [3.63, 3.8) is 0 Å². The van der Waals surface area contributed by atoms with Gasteiger partial charge >= 0.3 is 17.9 Å². The van der Waals surface area contributed by atoms with Gasteiger partial charge < -0.3 is 19.3 Å². The minimum absolute atomic E-state index is 0.0507. The van der Waals surface area contributed by atoms with Crippen LogP contribution in [-0.4, -0.2) is 41.7 Å². The van der Waals surface area contributed by atoms with Gasteiger partial charge in [0.2, 0.25) is 12.6 Å². The predicted octanol–water partition coefficient (Wildman–Crippen LogP) is 5.62. The number of aromatic hydroxyl groups is 1. The average molecular weight is 539 g/mol. The second-order valence-corrected chi connectivity index (χ2v) is 11.3. The zero-order chi connectivity index (χ0) is 28.5. The maximum absolute atomic E-state index is 13.1. The van der Waals surface area contributed by atoms with Gasteiger partial charge in [-0.2, -0.15) is 0 Å². The van der Waals surface area contributed by atoms with Crippen LogP contribution in [-0.2, 0) is 28.5 Å². The van der Waals surface area contributed by atoms with E-state index in [-0.39, 0.29) is 17.1 Å². The summed E-state index contributed by atoms with van der Waals surface area (Å²) >= 11 is 0. The predicted molar refractivity (Wildman–Crippen MR) is 143 cm³/mol. The summed E-state index contributed by atoms with van der Waals surface area (Å²) in [4.78, 5) is 37.4. The topological polar surface area (TPSA) is 108 Å². The summed E-state index contributed by atoms with van der Waals surface area (Å²) in [7, 11) is 0. The Morgan fingerprint density at radius 1 is 1.10 bits per heavy atom. The van der Waals surface area contributed by atoms with Crippen molar-refractivity contribution in [3.05, 3.63) is 65.8 Å². The molecule has 1 spiro atoms. The highest BCUT2D eigenvalue weighted by Crippen LogP contribution is 2.67. The summed E-state index contributed by atoms with van der Waals surface area (Å²) in [6.45, 7) is 13.0. The monoisotopic (exact) mass is 538 g/mol. The van der Waals surface area contributed by atoms with Crippen LogP contribution in [0.25, 0.3) is 0 Å². The quantitative estimate of drug-likeness (QED) is 0.206. The van der Waals surface area contributed by atoms with Gasteiger partial charge in [0.1, 0.15) is 11.9 Å². The molecule has 1 heterocycles. The van der Waals surface area contributed by atoms with Crippen molar-refractivity contribution in [2.75, 3.05) is 0 Å². The van der Waals surface area contributed by atoms with E-state index in [1.807, 2.05) is 19.1 Å². The van der Waals surface area contributed by atoms with E-state index in [1.165, 1.54) is 38.1 Å². The van der Waals surface area contributed by atoms with E-state index in [9.17, 15) is 19.5 Å². The lowest BCUT2D eigenvalue weighted by Gasteiger charge is -2.58. The Labute approximate surface area is 229 Å².